The Kier molecular flexibility index (Phi) is 5.77. The molecule has 0 aliphatic carbocycles. The van der Waals surface area contributed by atoms with Crippen molar-refractivity contribution in [3.63, 3.8) is 0 Å². The second-order valence-electron chi connectivity index (χ2n) is 5.38. The number of aromatic amines is 1. The maximum Gasteiger partial charge on any atom is 0.343 e. The fraction of sp³-hybridized carbons (Fsp3) is 0.438. The summed E-state index contributed by atoms with van der Waals surface area (Å²) in [4.78, 5) is 24.2. The molecule has 2 heterocycles. The molecule has 0 bridgehead atoms. The van der Waals surface area contributed by atoms with E-state index in [-0.39, 0.29) is 17.2 Å². The van der Waals surface area contributed by atoms with Crippen molar-refractivity contribution in [3.05, 3.63) is 34.2 Å². The van der Waals surface area contributed by atoms with Gasteiger partial charge < -0.3 is 14.2 Å². The average Bonchev–Trinajstić information content (AvgIpc) is 2.99. The van der Waals surface area contributed by atoms with E-state index in [1.165, 1.54) is 16.3 Å². The zero-order valence-electron chi connectivity index (χ0n) is 13.8. The van der Waals surface area contributed by atoms with E-state index in [1.807, 2.05) is 0 Å². The summed E-state index contributed by atoms with van der Waals surface area (Å²) in [7, 11) is 1.61. The number of thioether (sulfide) groups is 1. The molecule has 0 spiro atoms. The Balaban J connectivity index is 1.64. The van der Waals surface area contributed by atoms with Crippen LogP contribution in [0.4, 0.5) is 0 Å². The summed E-state index contributed by atoms with van der Waals surface area (Å²) in [5.74, 6) is 1.34. The zero-order chi connectivity index (χ0) is 17.6. The average molecular weight is 365 g/mol. The number of carbonyl (C=O) groups excluding carboxylic acids is 1. The number of carbonyl (C=O) groups is 1. The molecule has 134 valence electrons. The topological polar surface area (TPSA) is 95.4 Å². The molecule has 25 heavy (non-hydrogen) atoms. The molecule has 0 unspecified atom stereocenters. The first-order valence-electron chi connectivity index (χ1n) is 7.89. The van der Waals surface area contributed by atoms with Gasteiger partial charge in [0.05, 0.1) is 5.75 Å². The lowest BCUT2D eigenvalue weighted by Gasteiger charge is -2.18. The molecule has 1 aromatic carbocycles. The molecule has 0 atom stereocenters. The summed E-state index contributed by atoms with van der Waals surface area (Å²) >= 11 is 1.22. The molecule has 0 radical (unpaired) electrons. The van der Waals surface area contributed by atoms with E-state index in [2.05, 4.69) is 10.2 Å². The number of hydrogen-bond donors (Lipinski definition) is 1. The molecule has 3 rings (SSSR count). The van der Waals surface area contributed by atoms with Crippen molar-refractivity contribution in [1.29, 1.82) is 0 Å². The van der Waals surface area contributed by atoms with Crippen molar-refractivity contribution in [1.82, 2.24) is 14.8 Å². The first-order chi connectivity index (χ1) is 12.2. The number of nitrogens with zero attached hydrogens (tertiary/aromatic N) is 2. The number of benzene rings is 1. The summed E-state index contributed by atoms with van der Waals surface area (Å²) < 4.78 is 17.5. The maximum atomic E-state index is 12.4. The van der Waals surface area contributed by atoms with Gasteiger partial charge in [0, 0.05) is 25.8 Å². The smallest absolute Gasteiger partial charge is 0.343 e. The third-order valence-corrected chi connectivity index (χ3v) is 4.63. The van der Waals surface area contributed by atoms with Gasteiger partial charge in [-0.1, -0.05) is 11.8 Å². The molecule has 2 aromatic rings. The third kappa shape index (κ3) is 4.23. The maximum absolute atomic E-state index is 12.4. The van der Waals surface area contributed by atoms with Gasteiger partial charge in [-0.2, -0.15) is 0 Å². The molecular weight excluding hydrogens is 346 g/mol. The predicted molar refractivity (Wildman–Crippen MR) is 91.8 cm³/mol. The molecule has 0 saturated heterocycles. The molecule has 1 aromatic heterocycles. The summed E-state index contributed by atoms with van der Waals surface area (Å²) in [5, 5.41) is 6.89. The fourth-order valence-corrected chi connectivity index (χ4v) is 3.27. The van der Waals surface area contributed by atoms with Crippen molar-refractivity contribution >= 4 is 17.5 Å². The number of fused-ring (bicyclic) bond motifs is 1. The van der Waals surface area contributed by atoms with Crippen molar-refractivity contribution < 1.29 is 19.0 Å². The van der Waals surface area contributed by atoms with E-state index in [4.69, 9.17) is 14.2 Å². The quantitative estimate of drug-likeness (QED) is 0.429. The van der Waals surface area contributed by atoms with Crippen LogP contribution in [0, 0.1) is 0 Å². The Bertz CT molecular complexity index is 801. The normalized spacial score (nSPS) is 13.0. The number of methoxy groups -OCH3 is 1. The van der Waals surface area contributed by atoms with E-state index >= 15 is 0 Å². The molecule has 9 heteroatoms. The van der Waals surface area contributed by atoms with Crippen LogP contribution in [0.25, 0.3) is 0 Å². The van der Waals surface area contributed by atoms with Crippen LogP contribution >= 0.6 is 11.8 Å². The fourth-order valence-electron chi connectivity index (χ4n) is 2.41. The van der Waals surface area contributed by atoms with Crippen LogP contribution in [-0.4, -0.2) is 53.2 Å². The van der Waals surface area contributed by atoms with Crippen molar-refractivity contribution in [2.45, 2.75) is 18.1 Å². The van der Waals surface area contributed by atoms with E-state index < -0.39 is 0 Å². The first-order valence-corrected chi connectivity index (χ1v) is 8.87. The highest BCUT2D eigenvalue weighted by molar-refractivity contribution is 7.99. The van der Waals surface area contributed by atoms with Gasteiger partial charge in [-0.3, -0.25) is 9.36 Å². The summed E-state index contributed by atoms with van der Waals surface area (Å²) in [5.41, 5.74) is 0.256. The van der Waals surface area contributed by atoms with Crippen LogP contribution < -0.4 is 15.2 Å². The lowest BCUT2D eigenvalue weighted by Crippen LogP contribution is -2.19. The number of ether oxygens (including phenoxy) is 3. The molecule has 0 saturated carbocycles. The number of aromatic nitrogens is 3. The number of nitrogens with one attached hydrogen (secondary N) is 1. The summed E-state index contributed by atoms with van der Waals surface area (Å²) in [6, 6.07) is 5.14. The minimum Gasteiger partial charge on any atom is -0.486 e. The zero-order valence-corrected chi connectivity index (χ0v) is 14.6. The monoisotopic (exact) mass is 365 g/mol. The van der Waals surface area contributed by atoms with Gasteiger partial charge in [0.1, 0.15) is 13.2 Å². The van der Waals surface area contributed by atoms with Crippen LogP contribution in [-0.2, 0) is 11.3 Å². The van der Waals surface area contributed by atoms with Gasteiger partial charge in [0.2, 0.25) is 0 Å². The van der Waals surface area contributed by atoms with Gasteiger partial charge in [-0.25, -0.2) is 9.89 Å². The second kappa shape index (κ2) is 8.21. The van der Waals surface area contributed by atoms with Crippen LogP contribution in [0.15, 0.2) is 28.2 Å². The van der Waals surface area contributed by atoms with Gasteiger partial charge >= 0.3 is 5.69 Å². The molecule has 8 nitrogen and oxygen atoms in total. The number of rotatable bonds is 8. The number of ketones is 1. The highest BCUT2D eigenvalue weighted by Gasteiger charge is 2.16. The highest BCUT2D eigenvalue weighted by Crippen LogP contribution is 2.31. The van der Waals surface area contributed by atoms with E-state index in [0.29, 0.717) is 55.0 Å². The van der Waals surface area contributed by atoms with E-state index in [9.17, 15) is 9.59 Å². The van der Waals surface area contributed by atoms with Crippen LogP contribution in [0.5, 0.6) is 11.5 Å². The van der Waals surface area contributed by atoms with Crippen LogP contribution in [0.1, 0.15) is 16.8 Å². The molecule has 1 aliphatic heterocycles. The van der Waals surface area contributed by atoms with Gasteiger partial charge in [-0.05, 0) is 24.6 Å². The number of Topliss-reactive ketones (excluding diaryl/α,β-unsaturated/α-hetero) is 1. The minimum absolute atomic E-state index is 0.0686. The highest BCUT2D eigenvalue weighted by atomic mass is 32.2. The van der Waals surface area contributed by atoms with Crippen LogP contribution in [0.2, 0.25) is 0 Å². The molecule has 0 amide bonds. The molecule has 0 fully saturated rings. The van der Waals surface area contributed by atoms with Gasteiger partial charge in [0.25, 0.3) is 0 Å². The summed E-state index contributed by atoms with van der Waals surface area (Å²) in [6.07, 6.45) is 0.694. The van der Waals surface area contributed by atoms with Gasteiger partial charge in [0.15, 0.2) is 22.4 Å². The SMILES string of the molecule is COCCCn1c(SCC(=O)c2ccc3c(c2)OCCO3)n[nH]c1=O. The van der Waals surface area contributed by atoms with E-state index in [0.717, 1.165) is 0 Å². The van der Waals surface area contributed by atoms with Crippen molar-refractivity contribution in [2.75, 3.05) is 32.7 Å². The lowest BCUT2D eigenvalue weighted by molar-refractivity contribution is 0.102. The first kappa shape index (κ1) is 17.6. The third-order valence-electron chi connectivity index (χ3n) is 3.65. The Morgan fingerprint density at radius 2 is 2.16 bits per heavy atom. The number of H-pyrrole nitrogens is 1. The van der Waals surface area contributed by atoms with E-state index in [1.54, 1.807) is 25.3 Å². The second-order valence-corrected chi connectivity index (χ2v) is 6.32. The molecule has 1 N–H and O–H groups in total. The lowest BCUT2D eigenvalue weighted by atomic mass is 10.1. The Hall–Kier alpha value is -2.26. The predicted octanol–water partition coefficient (Wildman–Crippen LogP) is 1.35. The van der Waals surface area contributed by atoms with Crippen molar-refractivity contribution in [2.24, 2.45) is 0 Å². The minimum atomic E-state index is -0.287. The molecular formula is C16H19N3O5S. The van der Waals surface area contributed by atoms with Gasteiger partial charge in [-0.15, -0.1) is 5.10 Å². The summed E-state index contributed by atoms with van der Waals surface area (Å²) in [6.45, 7) is 2.03. The Labute approximate surface area is 148 Å². The molecule has 1 aliphatic rings. The van der Waals surface area contributed by atoms with Crippen molar-refractivity contribution in [3.8, 4) is 11.5 Å². The van der Waals surface area contributed by atoms with Crippen LogP contribution in [0.3, 0.4) is 0 Å². The Morgan fingerprint density at radius 3 is 2.96 bits per heavy atom. The largest absolute Gasteiger partial charge is 0.486 e. The standard InChI is InChI=1S/C16H19N3O5S/c1-22-6-2-5-19-15(21)17-18-16(19)25-10-12(20)11-3-4-13-14(9-11)24-8-7-23-13/h3-4,9H,2,5-8,10H2,1H3,(H,17,21). The Morgan fingerprint density at radius 1 is 1.36 bits per heavy atom. The number of hydrogen-bond acceptors (Lipinski definition) is 7.